The smallest absolute Gasteiger partial charge is 0.308 e. The number of nitrogens with zero attached hydrogens (tertiary/aromatic N) is 1. The van der Waals surface area contributed by atoms with Crippen LogP contribution in [0.1, 0.15) is 27.4 Å². The number of carbonyl (C=O) groups is 2. The Kier molecular flexibility index (Phi) is 4.93. The molecule has 0 fully saturated rings. The lowest BCUT2D eigenvalue weighted by Gasteiger charge is -2.13. The van der Waals surface area contributed by atoms with Crippen LogP contribution in [0.4, 0.5) is 0 Å². The molecule has 1 aromatic heterocycles. The number of carboxylic acid groups (broad SMARTS) is 1. The lowest BCUT2D eigenvalue weighted by molar-refractivity contribution is -0.141. The maximum Gasteiger partial charge on any atom is 0.308 e. The van der Waals surface area contributed by atoms with Gasteiger partial charge in [-0.15, -0.1) is 0 Å². The number of nitrogens with one attached hydrogen (secondary N) is 1. The van der Waals surface area contributed by atoms with E-state index >= 15 is 0 Å². The maximum atomic E-state index is 11.9. The number of carboxylic acids is 1. The summed E-state index contributed by atoms with van der Waals surface area (Å²) in [4.78, 5) is 27.1. The lowest BCUT2D eigenvalue weighted by atomic mass is 9.98. The molecule has 0 aliphatic carbocycles. The number of oxazole rings is 1. The molecule has 2 N–H and O–H groups in total. The molecule has 6 nitrogen and oxygen atoms in total. The SMILES string of the molecule is Cc1cccc(CC(CNC(=O)c2ncoc2C)C(=O)O)c1. The summed E-state index contributed by atoms with van der Waals surface area (Å²) in [7, 11) is 0. The molecule has 1 amide bonds. The summed E-state index contributed by atoms with van der Waals surface area (Å²) in [6, 6.07) is 7.67. The number of aliphatic carboxylic acids is 1. The molecule has 0 radical (unpaired) electrons. The second-order valence-electron chi connectivity index (χ2n) is 5.20. The van der Waals surface area contributed by atoms with E-state index in [4.69, 9.17) is 4.42 Å². The van der Waals surface area contributed by atoms with Crippen LogP contribution in [-0.2, 0) is 11.2 Å². The summed E-state index contributed by atoms with van der Waals surface area (Å²) in [5.41, 5.74) is 2.18. The minimum atomic E-state index is -0.946. The maximum absolute atomic E-state index is 11.9. The van der Waals surface area contributed by atoms with Gasteiger partial charge >= 0.3 is 5.97 Å². The van der Waals surface area contributed by atoms with Crippen LogP contribution < -0.4 is 5.32 Å². The molecule has 0 bridgehead atoms. The standard InChI is InChI=1S/C16H18N2O4/c1-10-4-3-5-12(6-10)7-13(16(20)21)8-17-15(19)14-11(2)22-9-18-14/h3-6,9,13H,7-8H2,1-2H3,(H,17,19)(H,20,21). The van der Waals surface area contributed by atoms with Crippen LogP contribution in [0.15, 0.2) is 35.1 Å². The summed E-state index contributed by atoms with van der Waals surface area (Å²) in [6.45, 7) is 3.62. The summed E-state index contributed by atoms with van der Waals surface area (Å²) < 4.78 is 4.96. The van der Waals surface area contributed by atoms with E-state index in [0.717, 1.165) is 11.1 Å². The first-order valence-corrected chi connectivity index (χ1v) is 6.94. The van der Waals surface area contributed by atoms with Crippen molar-refractivity contribution >= 4 is 11.9 Å². The van der Waals surface area contributed by atoms with Crippen LogP contribution in [0.25, 0.3) is 0 Å². The molecule has 6 heteroatoms. The van der Waals surface area contributed by atoms with Crippen molar-refractivity contribution in [2.75, 3.05) is 6.54 Å². The molecule has 0 aliphatic heterocycles. The summed E-state index contributed by atoms with van der Waals surface area (Å²) in [5, 5.41) is 11.9. The zero-order valence-corrected chi connectivity index (χ0v) is 12.5. The molecule has 1 atom stereocenters. The first-order valence-electron chi connectivity index (χ1n) is 6.94. The normalized spacial score (nSPS) is 11.9. The van der Waals surface area contributed by atoms with Crippen LogP contribution >= 0.6 is 0 Å². The fourth-order valence-corrected chi connectivity index (χ4v) is 2.19. The van der Waals surface area contributed by atoms with E-state index in [2.05, 4.69) is 10.3 Å². The molecule has 0 saturated heterocycles. The number of rotatable bonds is 6. The molecule has 0 spiro atoms. The van der Waals surface area contributed by atoms with Crippen molar-refractivity contribution in [2.45, 2.75) is 20.3 Å². The van der Waals surface area contributed by atoms with Gasteiger partial charge in [0.15, 0.2) is 12.1 Å². The van der Waals surface area contributed by atoms with Gasteiger partial charge in [0.1, 0.15) is 5.76 Å². The van der Waals surface area contributed by atoms with Crippen LogP contribution in [0.2, 0.25) is 0 Å². The van der Waals surface area contributed by atoms with Crippen LogP contribution in [0, 0.1) is 19.8 Å². The highest BCUT2D eigenvalue weighted by Crippen LogP contribution is 2.11. The number of aryl methyl sites for hydroxylation is 2. The minimum Gasteiger partial charge on any atom is -0.481 e. The number of hydrogen-bond donors (Lipinski definition) is 2. The third kappa shape index (κ3) is 3.94. The van der Waals surface area contributed by atoms with Crippen LogP contribution in [0.5, 0.6) is 0 Å². The van der Waals surface area contributed by atoms with Crippen LogP contribution in [-0.4, -0.2) is 28.5 Å². The van der Waals surface area contributed by atoms with Gasteiger partial charge in [-0.05, 0) is 25.8 Å². The van der Waals surface area contributed by atoms with Crippen molar-refractivity contribution in [3.05, 3.63) is 53.2 Å². The third-order valence-corrected chi connectivity index (χ3v) is 3.38. The van der Waals surface area contributed by atoms with Crippen molar-refractivity contribution in [3.8, 4) is 0 Å². The van der Waals surface area contributed by atoms with Crippen LogP contribution in [0.3, 0.4) is 0 Å². The third-order valence-electron chi connectivity index (χ3n) is 3.38. The first-order chi connectivity index (χ1) is 10.5. The van der Waals surface area contributed by atoms with Gasteiger partial charge in [0.05, 0.1) is 5.92 Å². The Labute approximate surface area is 128 Å². The Morgan fingerprint density at radius 3 is 2.73 bits per heavy atom. The molecular weight excluding hydrogens is 284 g/mol. The van der Waals surface area contributed by atoms with E-state index < -0.39 is 17.8 Å². The number of carbonyl (C=O) groups excluding carboxylic acids is 1. The van der Waals surface area contributed by atoms with Crippen molar-refractivity contribution < 1.29 is 19.1 Å². The number of hydrogen-bond acceptors (Lipinski definition) is 4. The van der Waals surface area contributed by atoms with E-state index in [1.807, 2.05) is 31.2 Å². The minimum absolute atomic E-state index is 0.0361. The highest BCUT2D eigenvalue weighted by molar-refractivity contribution is 5.93. The van der Waals surface area contributed by atoms with Crippen molar-refractivity contribution in [1.82, 2.24) is 10.3 Å². The molecule has 2 rings (SSSR count). The van der Waals surface area contributed by atoms with E-state index in [1.165, 1.54) is 6.39 Å². The molecule has 116 valence electrons. The van der Waals surface area contributed by atoms with Crippen molar-refractivity contribution in [2.24, 2.45) is 5.92 Å². The predicted octanol–water partition coefficient (Wildman–Crippen LogP) is 1.96. The highest BCUT2D eigenvalue weighted by atomic mass is 16.4. The van der Waals surface area contributed by atoms with Gasteiger partial charge in [-0.25, -0.2) is 4.98 Å². The molecule has 0 saturated carbocycles. The first kappa shape index (κ1) is 15.8. The van der Waals surface area contributed by atoms with Gasteiger partial charge in [0.25, 0.3) is 5.91 Å². The largest absolute Gasteiger partial charge is 0.481 e. The summed E-state index contributed by atoms with van der Waals surface area (Å²) >= 11 is 0. The molecule has 1 heterocycles. The molecule has 22 heavy (non-hydrogen) atoms. The summed E-state index contributed by atoms with van der Waals surface area (Å²) in [5.74, 6) is -1.67. The number of amides is 1. The monoisotopic (exact) mass is 302 g/mol. The van der Waals surface area contributed by atoms with Gasteiger partial charge in [0, 0.05) is 6.54 Å². The predicted molar refractivity (Wildman–Crippen MR) is 79.6 cm³/mol. The van der Waals surface area contributed by atoms with Crippen molar-refractivity contribution in [3.63, 3.8) is 0 Å². The van der Waals surface area contributed by atoms with Gasteiger partial charge < -0.3 is 14.8 Å². The Bertz CT molecular complexity index is 678. The van der Waals surface area contributed by atoms with E-state index in [0.29, 0.717) is 12.2 Å². The molecule has 2 aromatic rings. The Hall–Kier alpha value is -2.63. The molecule has 1 aromatic carbocycles. The average Bonchev–Trinajstić information content (AvgIpc) is 2.89. The molecular formula is C16H18N2O4. The van der Waals surface area contributed by atoms with Crippen molar-refractivity contribution in [1.29, 1.82) is 0 Å². The Morgan fingerprint density at radius 1 is 1.36 bits per heavy atom. The average molecular weight is 302 g/mol. The Morgan fingerprint density at radius 2 is 2.14 bits per heavy atom. The van der Waals surface area contributed by atoms with Gasteiger partial charge in [-0.3, -0.25) is 9.59 Å². The quantitative estimate of drug-likeness (QED) is 0.851. The molecule has 1 unspecified atom stereocenters. The fourth-order valence-electron chi connectivity index (χ4n) is 2.19. The fraction of sp³-hybridized carbons (Fsp3) is 0.312. The number of benzene rings is 1. The summed E-state index contributed by atoms with van der Waals surface area (Å²) in [6.07, 6.45) is 1.54. The van der Waals surface area contributed by atoms with Gasteiger partial charge in [-0.2, -0.15) is 0 Å². The number of aromatic nitrogens is 1. The van der Waals surface area contributed by atoms with Gasteiger partial charge in [-0.1, -0.05) is 29.8 Å². The zero-order chi connectivity index (χ0) is 16.1. The lowest BCUT2D eigenvalue weighted by Crippen LogP contribution is -2.34. The Balaban J connectivity index is 1.99. The van der Waals surface area contributed by atoms with Gasteiger partial charge in [0.2, 0.25) is 0 Å². The molecule has 0 aliphatic rings. The second-order valence-corrected chi connectivity index (χ2v) is 5.20. The second kappa shape index (κ2) is 6.89. The zero-order valence-electron chi connectivity index (χ0n) is 12.5. The highest BCUT2D eigenvalue weighted by Gasteiger charge is 2.21. The topological polar surface area (TPSA) is 92.4 Å². The van der Waals surface area contributed by atoms with E-state index in [9.17, 15) is 14.7 Å². The van der Waals surface area contributed by atoms with E-state index in [-0.39, 0.29) is 12.2 Å². The van der Waals surface area contributed by atoms with E-state index in [1.54, 1.807) is 6.92 Å².